The average molecular weight is 1710 g/mol. The number of pyridine rings is 2. The number of benzene rings is 2. The lowest BCUT2D eigenvalue weighted by Crippen LogP contribution is -2.64. The molecule has 6 bridgehead atoms. The van der Waals surface area contributed by atoms with Crippen LogP contribution in [0.15, 0.2) is 116 Å². The quantitative estimate of drug-likeness (QED) is 0.0108. The molecule has 1 saturated carbocycles. The Labute approximate surface area is 718 Å². The summed E-state index contributed by atoms with van der Waals surface area (Å²) in [6.07, 6.45) is 14.5. The summed E-state index contributed by atoms with van der Waals surface area (Å²) in [5.74, 6) is -4.53. The van der Waals surface area contributed by atoms with Gasteiger partial charge < -0.3 is 68.6 Å². The summed E-state index contributed by atoms with van der Waals surface area (Å²) < 4.78 is 45.7. The molecule has 5 aromatic heterocycles. The van der Waals surface area contributed by atoms with Gasteiger partial charge in [-0.3, -0.25) is 34.0 Å². The van der Waals surface area contributed by atoms with Crippen LogP contribution in [0.5, 0.6) is 0 Å². The molecule has 122 heavy (non-hydrogen) atoms. The minimum Gasteiger partial charge on any atom is -0.851 e. The molecule has 0 spiro atoms. The van der Waals surface area contributed by atoms with Crippen molar-refractivity contribution < 1.29 is 80.1 Å². The first-order chi connectivity index (χ1) is 58.1. The number of hydrogen-bond donors (Lipinski definition) is 5. The molecule has 0 radical (unpaired) electrons. The number of likely N-dealkylation sites (N-methyl/N-ethyl adjacent to an activating group) is 2. The normalized spacial score (nSPS) is 17.8. The molecular formula is C86H129N21O14S. The molecule has 7 aromatic rings. The van der Waals surface area contributed by atoms with Gasteiger partial charge in [0.1, 0.15) is 66.6 Å². The van der Waals surface area contributed by atoms with Crippen molar-refractivity contribution in [1.82, 2.24) is 86.2 Å². The standard InChI is InChI=1S/C45H62N14O7S.C21H26N2O7.C18H34N5.C2H6/c1-6-7-19-58(2,3)30-34-28-56(54-52-34)36-22-38-42(60)46-17-10-8-9-11-18-47-43(61)39-23-37(57-29-35(53-55-57)31-59(4,5)20-12-21-67(64,65)66)25-41(51-39)45(63)49-27-33-15-13-32(14-16-33)26-48-44(62)40(24-36)50-38;1-3-22(10-11-29-12-18(26)30-23-16(24)8-9-17(23)25)15-6-4-14(5-7-15)19-20(27)13(2)21(19)28;1-7-11-14-23(5,6)16-17-15-22(20-19-17)13-12-21(10-4)18(8-2)9-3;1-2/h13-16,22-25,28-29,44,48,62H,6-12,17-21,26-27,30-31H2,1-5H3,(H2-2,46,47,49,60,61,63,64,65,66);4-7,13,19-21H,3,8-12H2,1-2H3;8-9,15H,2,7,10-14,16H2,1,3-6H3;1-2H3/q;-2;+1;/p+1/b;;18-9+;. The van der Waals surface area contributed by atoms with Crippen LogP contribution in [0, 0.1) is 5.92 Å². The molecular weight excluding hydrogens is 1580 g/mol. The minimum absolute atomic E-state index is 0.00790. The number of allylic oxidation sites excluding steroid dienone is 2. The summed E-state index contributed by atoms with van der Waals surface area (Å²) in [7, 11) is 8.28. The van der Waals surface area contributed by atoms with Crippen LogP contribution in [-0.2, 0) is 73.3 Å². The van der Waals surface area contributed by atoms with E-state index >= 15 is 0 Å². The highest BCUT2D eigenvalue weighted by Gasteiger charge is 2.35. The maximum atomic E-state index is 13.6. The van der Waals surface area contributed by atoms with Gasteiger partial charge in [-0.25, -0.2) is 32.5 Å². The van der Waals surface area contributed by atoms with Crippen LogP contribution in [0.25, 0.3) is 11.4 Å². The van der Waals surface area contributed by atoms with Crippen molar-refractivity contribution in [3.05, 3.63) is 172 Å². The maximum absolute atomic E-state index is 13.6. The zero-order valence-electron chi connectivity index (χ0n) is 73.7. The van der Waals surface area contributed by atoms with Crippen LogP contribution in [-0.4, -0.2) is 264 Å². The summed E-state index contributed by atoms with van der Waals surface area (Å²) >= 11 is 0. The molecule has 1 aliphatic carbocycles. The van der Waals surface area contributed by atoms with Gasteiger partial charge in [0.25, 0.3) is 29.5 Å². The van der Waals surface area contributed by atoms with Gasteiger partial charge in [0, 0.05) is 88.8 Å². The number of hydroxylamine groups is 2. The Balaban J connectivity index is 0.000000304. The van der Waals surface area contributed by atoms with E-state index in [0.29, 0.717) is 85.3 Å². The van der Waals surface area contributed by atoms with Crippen molar-refractivity contribution in [2.75, 3.05) is 125 Å². The zero-order valence-corrected chi connectivity index (χ0v) is 74.5. The SMILES string of the molecule is C=C/C(=C\C)N(CC)CCn1cc(C[N+](C)(C)CCCC)nn1.CC.CCCC[N+](C)(C)Cc1cn(-c2cc3nc(c2)C(O)NCc2ccc(cc2)CNC(=O)c2cc(-n4cc(C[N+](C)(C)CCCS(=O)(=O)[O-])nn4)cc(n2)C(=O)NCCCCCCNC3=O)nn1.CCN(CCOCC(=O)ON1C(=O)CCC1=O)c1ccc(C2C([O-])C(C)C2[O-])cc1. The highest BCUT2D eigenvalue weighted by Crippen LogP contribution is 2.39. The van der Waals surface area contributed by atoms with Gasteiger partial charge >= 0.3 is 5.97 Å². The number of hydrogen-bond acceptors (Lipinski definition) is 25. The smallest absolute Gasteiger partial charge is 0.358 e. The van der Waals surface area contributed by atoms with E-state index in [4.69, 9.17) is 9.57 Å². The fourth-order valence-corrected chi connectivity index (χ4v) is 14.6. The molecule has 3 aliphatic heterocycles. The number of rotatable bonds is 33. The molecule has 3 atom stereocenters. The van der Waals surface area contributed by atoms with Gasteiger partial charge in [-0.1, -0.05) is 131 Å². The van der Waals surface area contributed by atoms with Gasteiger partial charge in [-0.2, -0.15) is 0 Å². The number of carbonyl (C=O) groups is 6. The highest BCUT2D eigenvalue weighted by atomic mass is 32.2. The van der Waals surface area contributed by atoms with E-state index in [1.54, 1.807) is 29.9 Å². The van der Waals surface area contributed by atoms with Crippen molar-refractivity contribution in [3.63, 3.8) is 0 Å². The van der Waals surface area contributed by atoms with E-state index in [2.05, 4.69) is 135 Å². The van der Waals surface area contributed by atoms with Gasteiger partial charge in [0.05, 0.1) is 121 Å². The Kier molecular flexibility index (Phi) is 39.0. The summed E-state index contributed by atoms with van der Waals surface area (Å²) in [5, 5.41) is 73.6. The van der Waals surface area contributed by atoms with Crippen LogP contribution in [0.2, 0.25) is 0 Å². The van der Waals surface area contributed by atoms with Crippen molar-refractivity contribution >= 4 is 51.3 Å². The number of nitrogens with one attached hydrogen (secondary N) is 4. The molecule has 11 rings (SSSR count). The molecule has 2 aromatic carbocycles. The first-order valence-electron chi connectivity index (χ1n) is 42.5. The third kappa shape index (κ3) is 31.3. The number of aliphatic hydroxyl groups excluding tert-OH is 1. The van der Waals surface area contributed by atoms with Crippen LogP contribution >= 0.6 is 0 Å². The van der Waals surface area contributed by atoms with Crippen LogP contribution in [0.1, 0.15) is 209 Å². The lowest BCUT2D eigenvalue weighted by molar-refractivity contribution is -0.904. The number of amides is 5. The maximum Gasteiger partial charge on any atom is 0.358 e. The zero-order chi connectivity index (χ0) is 89.3. The summed E-state index contributed by atoms with van der Waals surface area (Å²) in [4.78, 5) is 93.3. The second-order valence-electron chi connectivity index (χ2n) is 32.6. The first kappa shape index (κ1) is 99.0. The number of aromatic nitrogens is 11. The van der Waals surface area contributed by atoms with E-state index < -0.39 is 75.7 Å². The molecule has 35 nitrogen and oxygen atoms in total. The Morgan fingerprint density at radius 3 is 1.64 bits per heavy atom. The molecule has 36 heteroatoms. The number of fused-ring (bicyclic) bond motifs is 15. The predicted octanol–water partition coefficient (Wildman–Crippen LogP) is 5.69. The van der Waals surface area contributed by atoms with E-state index in [9.17, 15) is 57.1 Å². The van der Waals surface area contributed by atoms with Crippen LogP contribution < -0.4 is 36.4 Å². The summed E-state index contributed by atoms with van der Waals surface area (Å²) in [5.41, 5.74) is 8.19. The van der Waals surface area contributed by atoms with Crippen molar-refractivity contribution in [3.8, 4) is 11.4 Å². The first-order valence-corrected chi connectivity index (χ1v) is 44.1. The molecule has 2 fully saturated rings. The number of unbranched alkanes of at least 4 members (excludes halogenated alkanes) is 2. The van der Waals surface area contributed by atoms with E-state index in [1.807, 2.05) is 112 Å². The molecule has 5 amide bonds. The minimum atomic E-state index is -4.32. The lowest BCUT2D eigenvalue weighted by Gasteiger charge is -2.60. The Hall–Kier alpha value is -10.2. The number of quaternary nitrogens is 3. The number of aliphatic hydroxyl groups is 1. The summed E-state index contributed by atoms with van der Waals surface area (Å²) in [6, 6.07) is 21.2. The monoisotopic (exact) mass is 1710 g/mol. The largest absolute Gasteiger partial charge is 0.851 e. The van der Waals surface area contributed by atoms with E-state index in [0.717, 1.165) is 101 Å². The molecule has 5 N–H and O–H groups in total. The van der Waals surface area contributed by atoms with E-state index in [1.165, 1.54) is 41.9 Å². The highest BCUT2D eigenvalue weighted by molar-refractivity contribution is 7.85. The van der Waals surface area contributed by atoms with Crippen LogP contribution in [0.4, 0.5) is 5.69 Å². The van der Waals surface area contributed by atoms with Gasteiger partial charge in [0.2, 0.25) is 0 Å². The number of imide groups is 1. The Morgan fingerprint density at radius 2 is 1.14 bits per heavy atom. The fourth-order valence-electron chi connectivity index (χ4n) is 14.1. The van der Waals surface area contributed by atoms with Gasteiger partial charge in [0.15, 0.2) is 0 Å². The second kappa shape index (κ2) is 48.0. The topological polar surface area (TPSA) is 420 Å². The number of anilines is 1. The van der Waals surface area contributed by atoms with Gasteiger partial charge in [-0.15, -0.1) is 32.6 Å². The van der Waals surface area contributed by atoms with Crippen molar-refractivity contribution in [2.24, 2.45) is 5.92 Å². The molecule has 8 heterocycles. The Morgan fingerprint density at radius 1 is 0.648 bits per heavy atom. The molecule has 668 valence electrons. The number of carbonyl (C=O) groups excluding carboxylic acids is 6. The van der Waals surface area contributed by atoms with Gasteiger partial charge in [-0.05, 0) is 112 Å². The van der Waals surface area contributed by atoms with Crippen molar-refractivity contribution in [2.45, 2.75) is 190 Å². The molecule has 4 aliphatic rings. The third-order valence-corrected chi connectivity index (χ3v) is 22.0. The number of ether oxygens (including phenoxy) is 1. The van der Waals surface area contributed by atoms with E-state index in [-0.39, 0.29) is 74.3 Å². The summed E-state index contributed by atoms with van der Waals surface area (Å²) in [6.45, 7) is 29.7. The van der Waals surface area contributed by atoms with Crippen molar-refractivity contribution in [1.29, 1.82) is 0 Å². The van der Waals surface area contributed by atoms with Crippen LogP contribution in [0.3, 0.4) is 0 Å². The third-order valence-electron chi connectivity index (χ3n) is 21.2. The Bertz CT molecular complexity index is 4640. The average Bonchev–Trinajstić information content (AvgIpc) is 0.851. The number of nitrogens with zero attached hydrogens (tertiary/aromatic N) is 17. The second-order valence-corrected chi connectivity index (χ2v) is 34.1. The fraction of sp³-hybridized carbons (Fsp3) is 0.558. The predicted molar refractivity (Wildman–Crippen MR) is 456 cm³/mol. The lowest BCUT2D eigenvalue weighted by atomic mass is 9.67. The molecule has 3 unspecified atom stereocenters. The molecule has 1 saturated heterocycles.